The Balaban J connectivity index is 1.89. The maximum absolute atomic E-state index is 6.70. The van der Waals surface area contributed by atoms with Crippen LogP contribution in [-0.2, 0) is 25.8 Å². The highest BCUT2D eigenvalue weighted by Gasteiger charge is 2.26. The lowest BCUT2D eigenvalue weighted by atomic mass is 9.97. The van der Waals surface area contributed by atoms with Gasteiger partial charge in [0.05, 0.1) is 22.6 Å². The second-order valence-corrected chi connectivity index (χ2v) is 8.45. The quantitative estimate of drug-likeness (QED) is 0.443. The maximum atomic E-state index is 6.70. The number of fused-ring (bicyclic) bond motifs is 2. The molecule has 5 rings (SSSR count). The molecular weight excluding hydrogens is 392 g/mol. The molecule has 1 aliphatic heterocycles. The lowest BCUT2D eigenvalue weighted by Crippen LogP contribution is -2.23. The first-order chi connectivity index (χ1) is 14.6. The lowest BCUT2D eigenvalue weighted by molar-refractivity contribution is 0.635. The predicted molar refractivity (Wildman–Crippen MR) is 125 cm³/mol. The number of para-hydroxylation sites is 1. The van der Waals surface area contributed by atoms with Gasteiger partial charge in [0.2, 0.25) is 0 Å². The molecule has 154 valence electrons. The summed E-state index contributed by atoms with van der Waals surface area (Å²) < 4.78 is 2.21. The Kier molecular flexibility index (Phi) is 4.92. The highest BCUT2D eigenvalue weighted by Crippen LogP contribution is 2.40. The van der Waals surface area contributed by atoms with Gasteiger partial charge in [-0.2, -0.15) is 5.10 Å². The van der Waals surface area contributed by atoms with Gasteiger partial charge in [-0.15, -0.1) is 0 Å². The molecule has 0 bridgehead atoms. The van der Waals surface area contributed by atoms with Crippen LogP contribution < -0.4 is 5.32 Å². The fraction of sp³-hybridized carbons (Fsp3) is 0.320. The number of benzene rings is 2. The zero-order valence-electron chi connectivity index (χ0n) is 17.8. The van der Waals surface area contributed by atoms with Crippen molar-refractivity contribution in [2.45, 2.75) is 46.6 Å². The van der Waals surface area contributed by atoms with Crippen molar-refractivity contribution < 1.29 is 0 Å². The van der Waals surface area contributed by atoms with Crippen LogP contribution >= 0.6 is 11.6 Å². The summed E-state index contributed by atoms with van der Waals surface area (Å²) in [5, 5.41) is 10.7. The maximum Gasteiger partial charge on any atom is 0.0796 e. The van der Waals surface area contributed by atoms with Crippen LogP contribution in [0, 0.1) is 6.92 Å². The summed E-state index contributed by atoms with van der Waals surface area (Å²) in [4.78, 5) is 3.39. The van der Waals surface area contributed by atoms with Crippen LogP contribution in [0.4, 0.5) is 0 Å². The Morgan fingerprint density at radius 1 is 1.13 bits per heavy atom. The normalized spacial score (nSPS) is 13.7. The second-order valence-electron chi connectivity index (χ2n) is 8.04. The highest BCUT2D eigenvalue weighted by atomic mass is 35.5. The third-order valence-electron chi connectivity index (χ3n) is 6.38. The minimum atomic E-state index is 0.782. The fourth-order valence-corrected chi connectivity index (χ4v) is 4.96. The molecule has 0 aliphatic carbocycles. The van der Waals surface area contributed by atoms with Crippen LogP contribution in [0.3, 0.4) is 0 Å². The van der Waals surface area contributed by atoms with Crippen molar-refractivity contribution in [2.75, 3.05) is 6.54 Å². The van der Waals surface area contributed by atoms with E-state index in [1.54, 1.807) is 0 Å². The lowest BCUT2D eigenvalue weighted by Gasteiger charge is -2.18. The predicted octanol–water partition coefficient (Wildman–Crippen LogP) is 5.75. The topological polar surface area (TPSA) is 45.6 Å². The largest absolute Gasteiger partial charge is 0.361 e. The zero-order chi connectivity index (χ0) is 20.8. The first-order valence-corrected chi connectivity index (χ1v) is 11.2. The molecule has 0 saturated heterocycles. The van der Waals surface area contributed by atoms with Crippen molar-refractivity contribution in [3.63, 3.8) is 0 Å². The van der Waals surface area contributed by atoms with Crippen LogP contribution in [0.15, 0.2) is 36.5 Å². The first kappa shape index (κ1) is 19.4. The molecule has 30 heavy (non-hydrogen) atoms. The van der Waals surface area contributed by atoms with Crippen molar-refractivity contribution in [3.05, 3.63) is 69.5 Å². The average Bonchev–Trinajstić information content (AvgIpc) is 3.41. The van der Waals surface area contributed by atoms with Gasteiger partial charge >= 0.3 is 0 Å². The third-order valence-corrected chi connectivity index (χ3v) is 6.77. The van der Waals surface area contributed by atoms with E-state index in [4.69, 9.17) is 16.7 Å². The summed E-state index contributed by atoms with van der Waals surface area (Å²) in [6.07, 6.45) is 4.89. The molecule has 4 nitrogen and oxygen atoms in total. The molecule has 0 unspecified atom stereocenters. The van der Waals surface area contributed by atoms with Crippen molar-refractivity contribution in [3.8, 4) is 16.9 Å². The Morgan fingerprint density at radius 3 is 2.63 bits per heavy atom. The van der Waals surface area contributed by atoms with E-state index in [-0.39, 0.29) is 0 Å². The van der Waals surface area contributed by atoms with E-state index < -0.39 is 0 Å². The van der Waals surface area contributed by atoms with E-state index >= 15 is 0 Å². The second kappa shape index (κ2) is 7.60. The fourth-order valence-electron chi connectivity index (χ4n) is 4.76. The molecule has 1 aliphatic rings. The number of aromatic amines is 1. The Morgan fingerprint density at radius 2 is 1.90 bits per heavy atom. The van der Waals surface area contributed by atoms with Crippen molar-refractivity contribution in [1.29, 1.82) is 0 Å². The van der Waals surface area contributed by atoms with E-state index in [0.717, 1.165) is 54.0 Å². The molecule has 2 N–H and O–H groups in total. The molecule has 0 spiro atoms. The third kappa shape index (κ3) is 2.90. The van der Waals surface area contributed by atoms with Crippen molar-refractivity contribution in [2.24, 2.45) is 0 Å². The summed E-state index contributed by atoms with van der Waals surface area (Å²) in [6.45, 7) is 8.30. The molecule has 0 saturated carbocycles. The number of hydrogen-bond donors (Lipinski definition) is 2. The number of halogens is 1. The summed E-state index contributed by atoms with van der Waals surface area (Å²) in [5.41, 5.74) is 10.9. The molecule has 3 heterocycles. The minimum absolute atomic E-state index is 0.782. The molecule has 4 aromatic rings. The van der Waals surface area contributed by atoms with Crippen LogP contribution in [0.25, 0.3) is 27.8 Å². The van der Waals surface area contributed by atoms with Gasteiger partial charge < -0.3 is 10.3 Å². The van der Waals surface area contributed by atoms with Gasteiger partial charge in [-0.3, -0.25) is 0 Å². The van der Waals surface area contributed by atoms with Gasteiger partial charge in [0.25, 0.3) is 0 Å². The van der Waals surface area contributed by atoms with Gasteiger partial charge in [0.1, 0.15) is 0 Å². The Labute approximate surface area is 182 Å². The Bertz CT molecular complexity index is 1230. The van der Waals surface area contributed by atoms with Crippen LogP contribution in [0.2, 0.25) is 5.02 Å². The van der Waals surface area contributed by atoms with E-state index in [9.17, 15) is 0 Å². The molecule has 5 heteroatoms. The molecule has 0 fully saturated rings. The van der Waals surface area contributed by atoms with Gasteiger partial charge in [-0.25, -0.2) is 4.68 Å². The number of rotatable bonds is 4. The van der Waals surface area contributed by atoms with Gasteiger partial charge in [-0.05, 0) is 48.6 Å². The molecule has 2 aromatic heterocycles. The van der Waals surface area contributed by atoms with Crippen molar-refractivity contribution >= 4 is 22.5 Å². The van der Waals surface area contributed by atoms with Gasteiger partial charge in [0, 0.05) is 47.2 Å². The number of nitrogens with zero attached hydrogens (tertiary/aromatic N) is 2. The summed E-state index contributed by atoms with van der Waals surface area (Å²) >= 11 is 6.70. The monoisotopic (exact) mass is 418 g/mol. The standard InChI is InChI=1S/C25H27ClN4/c1-4-16-7-6-8-17(5-2)24(16)30-25(20-14-27-11-10-22(20)29-30)19-13-21(26)15(3)23-18(19)9-12-28-23/h6-9,12-13,27-28H,4-5,10-11,14H2,1-3H3. The number of aromatic nitrogens is 3. The van der Waals surface area contributed by atoms with Gasteiger partial charge in [-0.1, -0.05) is 43.6 Å². The average molecular weight is 419 g/mol. The number of hydrogen-bond acceptors (Lipinski definition) is 2. The zero-order valence-corrected chi connectivity index (χ0v) is 18.5. The van der Waals surface area contributed by atoms with Crippen LogP contribution in [0.5, 0.6) is 0 Å². The molecule has 0 amide bonds. The molecular formula is C25H27ClN4. The SMILES string of the molecule is CCc1cccc(CC)c1-n1nc2c(c1-c1cc(Cl)c(C)c3[nH]ccc13)CNCC2. The van der Waals surface area contributed by atoms with Crippen molar-refractivity contribution in [1.82, 2.24) is 20.1 Å². The summed E-state index contributed by atoms with van der Waals surface area (Å²) in [6, 6.07) is 10.9. The Hall–Kier alpha value is -2.56. The van der Waals surface area contributed by atoms with Crippen LogP contribution in [0.1, 0.15) is 41.8 Å². The number of aryl methyl sites for hydroxylation is 3. The minimum Gasteiger partial charge on any atom is -0.361 e. The van der Waals surface area contributed by atoms with E-state index in [0.29, 0.717) is 0 Å². The number of nitrogens with one attached hydrogen (secondary N) is 2. The number of H-pyrrole nitrogens is 1. The van der Waals surface area contributed by atoms with Crippen LogP contribution in [-0.4, -0.2) is 21.3 Å². The van der Waals surface area contributed by atoms with Gasteiger partial charge in [0.15, 0.2) is 0 Å². The van der Waals surface area contributed by atoms with E-state index in [2.05, 4.69) is 66.1 Å². The van der Waals surface area contributed by atoms with E-state index in [1.165, 1.54) is 39.2 Å². The molecule has 2 aromatic carbocycles. The summed E-state index contributed by atoms with van der Waals surface area (Å²) in [5.74, 6) is 0. The van der Waals surface area contributed by atoms with E-state index in [1.807, 2.05) is 6.20 Å². The summed E-state index contributed by atoms with van der Waals surface area (Å²) in [7, 11) is 0. The molecule has 0 atom stereocenters. The smallest absolute Gasteiger partial charge is 0.0796 e. The highest BCUT2D eigenvalue weighted by molar-refractivity contribution is 6.33. The first-order valence-electron chi connectivity index (χ1n) is 10.8. The molecule has 0 radical (unpaired) electrons.